The summed E-state index contributed by atoms with van der Waals surface area (Å²) in [7, 11) is 0. The molecule has 0 bridgehead atoms. The summed E-state index contributed by atoms with van der Waals surface area (Å²) in [6, 6.07) is 15.3. The first-order chi connectivity index (χ1) is 21.4. The van der Waals surface area contributed by atoms with Gasteiger partial charge in [0.05, 0.1) is 17.0 Å². The molecule has 6 rings (SSSR count). The summed E-state index contributed by atoms with van der Waals surface area (Å²) in [6.45, 7) is 7.92. The van der Waals surface area contributed by atoms with E-state index in [1.54, 1.807) is 48.0 Å². The Labute approximate surface area is 265 Å². The van der Waals surface area contributed by atoms with E-state index in [2.05, 4.69) is 40.5 Å². The molecule has 45 heavy (non-hydrogen) atoms. The van der Waals surface area contributed by atoms with Crippen molar-refractivity contribution in [2.24, 2.45) is 0 Å². The number of phenols is 1. The van der Waals surface area contributed by atoms with Gasteiger partial charge in [0.2, 0.25) is 11.9 Å². The second-order valence-corrected chi connectivity index (χ2v) is 12.1. The maximum Gasteiger partial charge on any atom is 0.416 e. The Kier molecular flexibility index (Phi) is 9.34. The van der Waals surface area contributed by atoms with Crippen LogP contribution in [0.4, 0.5) is 36.4 Å². The highest BCUT2D eigenvalue weighted by molar-refractivity contribution is 7.15. The van der Waals surface area contributed by atoms with Crippen LogP contribution < -0.4 is 10.6 Å². The molecule has 0 aliphatic rings. The molecule has 0 saturated carbocycles. The topological polar surface area (TPSA) is 122 Å². The zero-order valence-corrected chi connectivity index (χ0v) is 26.1. The molecule has 0 radical (unpaired) electrons. The molecular weight excluding hydrogens is 622 g/mol. The van der Waals surface area contributed by atoms with Gasteiger partial charge in [-0.1, -0.05) is 12.1 Å². The number of nitrogens with one attached hydrogen (secondary N) is 2. The van der Waals surface area contributed by atoms with Crippen LogP contribution >= 0.6 is 22.7 Å². The summed E-state index contributed by atoms with van der Waals surface area (Å²) >= 11 is 3.13. The molecule has 0 spiro atoms. The van der Waals surface area contributed by atoms with Crippen LogP contribution in [-0.4, -0.2) is 35.0 Å². The molecule has 9 nitrogen and oxygen atoms in total. The van der Waals surface area contributed by atoms with E-state index in [0.29, 0.717) is 11.6 Å². The van der Waals surface area contributed by atoms with Crippen LogP contribution in [-0.2, 0) is 6.18 Å². The average Bonchev–Trinajstić information content (AvgIpc) is 3.53. The van der Waals surface area contributed by atoms with E-state index in [4.69, 9.17) is 0 Å². The predicted octanol–water partition coefficient (Wildman–Crippen LogP) is 8.65. The van der Waals surface area contributed by atoms with Crippen LogP contribution in [0.5, 0.6) is 5.75 Å². The van der Waals surface area contributed by atoms with Gasteiger partial charge < -0.3 is 15.7 Å². The molecule has 230 valence electrons. The lowest BCUT2D eigenvalue weighted by Crippen LogP contribution is -2.05. The normalized spacial score (nSPS) is 11.1. The Morgan fingerprint density at radius 1 is 0.644 bits per heavy atom. The second kappa shape index (κ2) is 13.4. The van der Waals surface area contributed by atoms with E-state index in [0.717, 1.165) is 49.8 Å². The minimum Gasteiger partial charge on any atom is -0.508 e. The molecule has 0 fully saturated rings. The van der Waals surface area contributed by atoms with Gasteiger partial charge in [-0.2, -0.15) is 13.2 Å². The third-order valence-corrected chi connectivity index (χ3v) is 8.55. The Hall–Kier alpha value is -4.95. The number of thiazole rings is 2. The number of alkyl halides is 3. The van der Waals surface area contributed by atoms with Crippen molar-refractivity contribution in [3.8, 4) is 27.2 Å². The monoisotopic (exact) mass is 648 g/mol. The molecule has 0 unspecified atom stereocenters. The van der Waals surface area contributed by atoms with Crippen molar-refractivity contribution in [1.29, 1.82) is 0 Å². The number of nitrogens with zero attached hydrogens (tertiary/aromatic N) is 6. The average molecular weight is 649 g/mol. The molecule has 3 N–H and O–H groups in total. The smallest absolute Gasteiger partial charge is 0.416 e. The molecular formula is C31H27F3N8OS2. The molecule has 4 heterocycles. The number of aromatic nitrogens is 6. The molecule has 0 amide bonds. The lowest BCUT2D eigenvalue weighted by molar-refractivity contribution is -0.137. The van der Waals surface area contributed by atoms with Gasteiger partial charge in [0.1, 0.15) is 27.2 Å². The Bertz CT molecular complexity index is 1900. The van der Waals surface area contributed by atoms with Gasteiger partial charge in [-0.25, -0.2) is 29.9 Å². The maximum atomic E-state index is 12.8. The van der Waals surface area contributed by atoms with Crippen LogP contribution in [0.2, 0.25) is 0 Å². The molecule has 2 aromatic carbocycles. The van der Waals surface area contributed by atoms with Crippen LogP contribution in [0.3, 0.4) is 0 Å². The van der Waals surface area contributed by atoms with E-state index < -0.39 is 11.7 Å². The van der Waals surface area contributed by atoms with Crippen molar-refractivity contribution in [1.82, 2.24) is 29.9 Å². The summed E-state index contributed by atoms with van der Waals surface area (Å²) < 4.78 is 38.3. The largest absolute Gasteiger partial charge is 0.508 e. The number of benzene rings is 2. The number of aryl methyl sites for hydroxylation is 4. The number of hydrogen-bond donors (Lipinski definition) is 3. The Morgan fingerprint density at radius 3 is 1.58 bits per heavy atom. The number of aromatic hydroxyl groups is 1. The number of rotatable bonds is 6. The van der Waals surface area contributed by atoms with E-state index >= 15 is 0 Å². The summed E-state index contributed by atoms with van der Waals surface area (Å²) in [6.07, 6.45) is -1.15. The van der Waals surface area contributed by atoms with Gasteiger partial charge >= 0.3 is 6.18 Å². The van der Waals surface area contributed by atoms with Crippen molar-refractivity contribution in [3.63, 3.8) is 0 Å². The lowest BCUT2D eigenvalue weighted by Gasteiger charge is -2.10. The first-order valence-corrected chi connectivity index (χ1v) is 15.1. The Morgan fingerprint density at radius 2 is 1.13 bits per heavy atom. The van der Waals surface area contributed by atoms with Crippen LogP contribution in [0.25, 0.3) is 21.4 Å². The minimum atomic E-state index is -4.39. The van der Waals surface area contributed by atoms with Gasteiger partial charge in [-0.15, -0.1) is 22.7 Å². The number of hydrogen-bond acceptors (Lipinski definition) is 11. The van der Waals surface area contributed by atoms with Gasteiger partial charge in [-0.05, 0) is 70.2 Å². The Balaban J connectivity index is 0.000000179. The van der Waals surface area contributed by atoms with Crippen LogP contribution in [0.15, 0.2) is 73.1 Å². The zero-order valence-electron chi connectivity index (χ0n) is 24.5. The summed E-state index contributed by atoms with van der Waals surface area (Å²) in [4.78, 5) is 28.3. The first-order valence-electron chi connectivity index (χ1n) is 13.5. The van der Waals surface area contributed by atoms with Crippen molar-refractivity contribution < 1.29 is 18.3 Å². The van der Waals surface area contributed by atoms with Crippen LogP contribution in [0.1, 0.15) is 26.7 Å². The standard InChI is InChI=1S/C16H13F3N4S.C15H14N4OS/c1-9-10(2)24-14(21-9)13-6-7-20-15(23-13)22-12-5-3-4-11(8-12)16(17,18)19;1-9-10(2)21-14(17-9)13-6-7-16-15(19-13)18-11-4-3-5-12(20)8-11/h3-8H,1-2H3,(H,20,22,23);3-8,20H,1-2H3,(H,16,18,19). The predicted molar refractivity (Wildman–Crippen MR) is 171 cm³/mol. The molecule has 6 aromatic rings. The molecule has 0 aliphatic carbocycles. The first kappa shape index (κ1) is 31.5. The third kappa shape index (κ3) is 8.16. The van der Waals surface area contributed by atoms with Gasteiger partial charge in [-0.3, -0.25) is 0 Å². The summed E-state index contributed by atoms with van der Waals surface area (Å²) in [5.74, 6) is 0.892. The molecule has 0 saturated heterocycles. The molecule has 14 heteroatoms. The highest BCUT2D eigenvalue weighted by Gasteiger charge is 2.30. The van der Waals surface area contributed by atoms with Crippen LogP contribution in [0, 0.1) is 27.7 Å². The zero-order chi connectivity index (χ0) is 32.1. The highest BCUT2D eigenvalue weighted by Crippen LogP contribution is 2.32. The van der Waals surface area contributed by atoms with E-state index in [9.17, 15) is 18.3 Å². The number of anilines is 4. The maximum absolute atomic E-state index is 12.8. The van der Waals surface area contributed by atoms with Gasteiger partial charge in [0.25, 0.3) is 0 Å². The second-order valence-electron chi connectivity index (χ2n) is 9.73. The molecule has 4 aromatic heterocycles. The quantitative estimate of drug-likeness (QED) is 0.163. The van der Waals surface area contributed by atoms with E-state index in [1.807, 2.05) is 39.8 Å². The summed E-state index contributed by atoms with van der Waals surface area (Å²) in [5, 5.41) is 17.0. The highest BCUT2D eigenvalue weighted by atomic mass is 32.1. The number of phenolic OH excluding ortho intramolecular Hbond substituents is 1. The summed E-state index contributed by atoms with van der Waals surface area (Å²) in [5.41, 5.74) is 3.65. The van der Waals surface area contributed by atoms with E-state index in [-0.39, 0.29) is 17.4 Å². The van der Waals surface area contributed by atoms with Crippen molar-refractivity contribution >= 4 is 45.9 Å². The number of halogens is 3. The van der Waals surface area contributed by atoms with Crippen molar-refractivity contribution in [3.05, 3.63) is 99.8 Å². The fraction of sp³-hybridized carbons (Fsp3) is 0.161. The fourth-order valence-electron chi connectivity index (χ4n) is 3.86. The lowest BCUT2D eigenvalue weighted by atomic mass is 10.2. The SMILES string of the molecule is Cc1nc(-c2ccnc(Nc3cccc(C(F)(F)F)c3)n2)sc1C.Cc1nc(-c2ccnc(Nc3cccc(O)c3)n2)sc1C. The minimum absolute atomic E-state index is 0.197. The third-order valence-electron chi connectivity index (χ3n) is 6.35. The molecule has 0 aliphatic heterocycles. The molecule has 0 atom stereocenters. The van der Waals surface area contributed by atoms with Gasteiger partial charge in [0.15, 0.2) is 0 Å². The van der Waals surface area contributed by atoms with Crippen molar-refractivity contribution in [2.75, 3.05) is 10.6 Å². The van der Waals surface area contributed by atoms with E-state index in [1.165, 1.54) is 28.3 Å². The van der Waals surface area contributed by atoms with Gasteiger partial charge in [0, 0.05) is 39.6 Å². The van der Waals surface area contributed by atoms with Crippen molar-refractivity contribution in [2.45, 2.75) is 33.9 Å². The fourth-order valence-corrected chi connectivity index (χ4v) is 5.62.